The van der Waals surface area contributed by atoms with E-state index in [-0.39, 0.29) is 11.8 Å². The third-order valence-electron chi connectivity index (χ3n) is 3.19. The number of likely N-dealkylation sites (tertiary alicyclic amines) is 1. The van der Waals surface area contributed by atoms with Gasteiger partial charge in [0.2, 0.25) is 5.91 Å². The SMILES string of the molecule is CC(=O)Nc1ccccc1C1(O)CCN(C)C1=O. The largest absolute Gasteiger partial charge is 0.375 e. The third kappa shape index (κ3) is 1.97. The minimum atomic E-state index is -1.53. The molecule has 1 aliphatic heterocycles. The van der Waals surface area contributed by atoms with E-state index in [9.17, 15) is 14.7 Å². The van der Waals surface area contributed by atoms with Crippen molar-refractivity contribution in [2.24, 2.45) is 0 Å². The molecule has 5 nitrogen and oxygen atoms in total. The maximum atomic E-state index is 12.0. The predicted octanol–water partition coefficient (Wildman–Crippen LogP) is 0.695. The Bertz CT molecular complexity index is 501. The van der Waals surface area contributed by atoms with Crippen molar-refractivity contribution in [1.29, 1.82) is 0 Å². The van der Waals surface area contributed by atoms with Gasteiger partial charge in [-0.3, -0.25) is 9.59 Å². The summed E-state index contributed by atoms with van der Waals surface area (Å²) < 4.78 is 0. The van der Waals surface area contributed by atoms with Crippen LogP contribution in [0.3, 0.4) is 0 Å². The highest BCUT2D eigenvalue weighted by molar-refractivity contribution is 5.94. The smallest absolute Gasteiger partial charge is 0.259 e. The van der Waals surface area contributed by atoms with E-state index in [1.165, 1.54) is 11.8 Å². The molecule has 1 aromatic carbocycles. The number of amides is 2. The molecule has 0 spiro atoms. The van der Waals surface area contributed by atoms with Gasteiger partial charge >= 0.3 is 0 Å². The van der Waals surface area contributed by atoms with Crippen molar-refractivity contribution in [2.45, 2.75) is 18.9 Å². The zero-order valence-corrected chi connectivity index (χ0v) is 10.4. The molecule has 5 heteroatoms. The summed E-state index contributed by atoms with van der Waals surface area (Å²) >= 11 is 0. The number of hydrogen-bond acceptors (Lipinski definition) is 3. The Kier molecular flexibility index (Phi) is 3.09. The fraction of sp³-hybridized carbons (Fsp3) is 0.385. The monoisotopic (exact) mass is 248 g/mol. The molecule has 1 aliphatic rings. The van der Waals surface area contributed by atoms with Crippen LogP contribution in [0.1, 0.15) is 18.9 Å². The second-order valence-corrected chi connectivity index (χ2v) is 4.56. The van der Waals surface area contributed by atoms with E-state index in [2.05, 4.69) is 5.32 Å². The van der Waals surface area contributed by atoms with Crippen LogP contribution in [0.4, 0.5) is 5.69 Å². The summed E-state index contributed by atoms with van der Waals surface area (Å²) in [4.78, 5) is 24.7. The van der Waals surface area contributed by atoms with E-state index in [0.29, 0.717) is 24.2 Å². The van der Waals surface area contributed by atoms with Crippen LogP contribution in [0.2, 0.25) is 0 Å². The number of nitrogens with zero attached hydrogens (tertiary/aromatic N) is 1. The maximum Gasteiger partial charge on any atom is 0.259 e. The van der Waals surface area contributed by atoms with Crippen molar-refractivity contribution in [3.05, 3.63) is 29.8 Å². The summed E-state index contributed by atoms with van der Waals surface area (Å²) in [5.74, 6) is -0.565. The van der Waals surface area contributed by atoms with E-state index < -0.39 is 5.60 Å². The fourth-order valence-electron chi connectivity index (χ4n) is 2.25. The average molecular weight is 248 g/mol. The molecule has 1 heterocycles. The Morgan fingerprint density at radius 3 is 2.67 bits per heavy atom. The summed E-state index contributed by atoms with van der Waals surface area (Å²) in [6, 6.07) is 6.84. The quantitative estimate of drug-likeness (QED) is 0.809. The van der Waals surface area contributed by atoms with E-state index in [1.54, 1.807) is 31.3 Å². The van der Waals surface area contributed by atoms with Crippen molar-refractivity contribution in [3.8, 4) is 0 Å². The molecule has 0 aliphatic carbocycles. The molecule has 1 unspecified atom stereocenters. The standard InChI is InChI=1S/C13H16N2O3/c1-9(16)14-11-6-4-3-5-10(11)13(18)7-8-15(2)12(13)17/h3-6,18H,7-8H2,1-2H3,(H,14,16). The van der Waals surface area contributed by atoms with Crippen LogP contribution in [-0.2, 0) is 15.2 Å². The van der Waals surface area contributed by atoms with Crippen molar-refractivity contribution in [3.63, 3.8) is 0 Å². The summed E-state index contributed by atoms with van der Waals surface area (Å²) in [7, 11) is 1.65. The Hall–Kier alpha value is -1.88. The lowest BCUT2D eigenvalue weighted by molar-refractivity contribution is -0.143. The van der Waals surface area contributed by atoms with Gasteiger partial charge in [0.25, 0.3) is 5.91 Å². The van der Waals surface area contributed by atoms with Crippen molar-refractivity contribution < 1.29 is 14.7 Å². The number of benzene rings is 1. The van der Waals surface area contributed by atoms with Gasteiger partial charge in [0.15, 0.2) is 5.60 Å². The molecule has 2 N–H and O–H groups in total. The van der Waals surface area contributed by atoms with Crippen LogP contribution in [0.5, 0.6) is 0 Å². The summed E-state index contributed by atoms with van der Waals surface area (Å²) in [5, 5.41) is 13.2. The van der Waals surface area contributed by atoms with Crippen molar-refractivity contribution >= 4 is 17.5 Å². The second kappa shape index (κ2) is 4.42. The highest BCUT2D eigenvalue weighted by Crippen LogP contribution is 2.36. The molecule has 0 radical (unpaired) electrons. The first-order valence-electron chi connectivity index (χ1n) is 5.80. The van der Waals surface area contributed by atoms with Gasteiger partial charge in [0.05, 0.1) is 0 Å². The van der Waals surface area contributed by atoms with Gasteiger partial charge in [-0.1, -0.05) is 18.2 Å². The Morgan fingerprint density at radius 1 is 1.44 bits per heavy atom. The number of carbonyl (C=O) groups excluding carboxylic acids is 2. The van der Waals surface area contributed by atoms with Gasteiger partial charge in [-0.25, -0.2) is 0 Å². The molecule has 0 aromatic heterocycles. The molecule has 2 rings (SSSR count). The number of likely N-dealkylation sites (N-methyl/N-ethyl adjacent to an activating group) is 1. The number of nitrogens with one attached hydrogen (secondary N) is 1. The van der Waals surface area contributed by atoms with Gasteiger partial charge in [0, 0.05) is 38.2 Å². The summed E-state index contributed by atoms with van der Waals surface area (Å²) in [6.07, 6.45) is 0.332. The number of anilines is 1. The number of rotatable bonds is 2. The van der Waals surface area contributed by atoms with E-state index in [0.717, 1.165) is 0 Å². The third-order valence-corrected chi connectivity index (χ3v) is 3.19. The average Bonchev–Trinajstić information content (AvgIpc) is 2.58. The first-order chi connectivity index (χ1) is 8.45. The molecule has 1 atom stereocenters. The Balaban J connectivity index is 2.45. The van der Waals surface area contributed by atoms with E-state index in [1.807, 2.05) is 0 Å². The molecular weight excluding hydrogens is 232 g/mol. The lowest BCUT2D eigenvalue weighted by Crippen LogP contribution is -2.36. The van der Waals surface area contributed by atoms with Gasteiger partial charge in [-0.05, 0) is 6.07 Å². The Morgan fingerprint density at radius 2 is 2.11 bits per heavy atom. The predicted molar refractivity (Wildman–Crippen MR) is 66.9 cm³/mol. The van der Waals surface area contributed by atoms with Crippen molar-refractivity contribution in [1.82, 2.24) is 4.90 Å². The highest BCUT2D eigenvalue weighted by Gasteiger charge is 2.46. The zero-order chi connectivity index (χ0) is 13.3. The zero-order valence-electron chi connectivity index (χ0n) is 10.4. The molecule has 1 aromatic rings. The van der Waals surface area contributed by atoms with Crippen LogP contribution >= 0.6 is 0 Å². The van der Waals surface area contributed by atoms with Crippen LogP contribution in [-0.4, -0.2) is 35.4 Å². The molecule has 18 heavy (non-hydrogen) atoms. The van der Waals surface area contributed by atoms with Gasteiger partial charge < -0.3 is 15.3 Å². The molecule has 0 saturated carbocycles. The number of carbonyl (C=O) groups is 2. The van der Waals surface area contributed by atoms with Crippen LogP contribution in [0.15, 0.2) is 24.3 Å². The molecular formula is C13H16N2O3. The van der Waals surface area contributed by atoms with Crippen LogP contribution < -0.4 is 5.32 Å². The Labute approximate surface area is 105 Å². The van der Waals surface area contributed by atoms with Crippen molar-refractivity contribution in [2.75, 3.05) is 18.9 Å². The van der Waals surface area contributed by atoms with Crippen LogP contribution in [0.25, 0.3) is 0 Å². The lowest BCUT2D eigenvalue weighted by atomic mass is 9.90. The normalized spacial score (nSPS) is 23.3. The molecule has 96 valence electrons. The maximum absolute atomic E-state index is 12.0. The first-order valence-corrected chi connectivity index (χ1v) is 5.80. The minimum absolute atomic E-state index is 0.232. The summed E-state index contributed by atoms with van der Waals surface area (Å²) in [6.45, 7) is 1.90. The topological polar surface area (TPSA) is 69.6 Å². The molecule has 0 bridgehead atoms. The second-order valence-electron chi connectivity index (χ2n) is 4.56. The van der Waals surface area contributed by atoms with E-state index >= 15 is 0 Å². The fourth-order valence-corrected chi connectivity index (χ4v) is 2.25. The van der Waals surface area contributed by atoms with Gasteiger partial charge in [0.1, 0.15) is 0 Å². The molecule has 1 saturated heterocycles. The number of para-hydroxylation sites is 1. The number of hydrogen-bond donors (Lipinski definition) is 2. The highest BCUT2D eigenvalue weighted by atomic mass is 16.3. The van der Waals surface area contributed by atoms with Gasteiger partial charge in [-0.2, -0.15) is 0 Å². The lowest BCUT2D eigenvalue weighted by Gasteiger charge is -2.24. The van der Waals surface area contributed by atoms with Gasteiger partial charge in [-0.15, -0.1) is 0 Å². The van der Waals surface area contributed by atoms with E-state index in [4.69, 9.17) is 0 Å². The molecule has 1 fully saturated rings. The first kappa shape index (κ1) is 12.6. The van der Waals surface area contributed by atoms with Crippen LogP contribution in [0, 0.1) is 0 Å². The summed E-state index contributed by atoms with van der Waals surface area (Å²) in [5.41, 5.74) is -0.598. The minimum Gasteiger partial charge on any atom is -0.375 e. The number of aliphatic hydroxyl groups is 1. The molecule has 2 amide bonds.